The van der Waals surface area contributed by atoms with Crippen LogP contribution in [0.25, 0.3) is 0 Å². The molecule has 1 heterocycles. The van der Waals surface area contributed by atoms with E-state index >= 15 is 0 Å². The molecule has 0 bridgehead atoms. The molecule has 0 aliphatic carbocycles. The number of nitrogens with one attached hydrogen (secondary N) is 1. The van der Waals surface area contributed by atoms with E-state index in [2.05, 4.69) is 36.2 Å². The third-order valence-electron chi connectivity index (χ3n) is 3.43. The molecule has 0 fully saturated rings. The van der Waals surface area contributed by atoms with E-state index in [1.54, 1.807) is 0 Å². The molecule has 0 saturated carbocycles. The Morgan fingerprint density at radius 2 is 1.86 bits per heavy atom. The highest BCUT2D eigenvalue weighted by atomic mass is 16.5. The van der Waals surface area contributed by atoms with Gasteiger partial charge in [-0.3, -0.25) is 0 Å². The second kappa shape index (κ2) is 10.7. The fourth-order valence-electron chi connectivity index (χ4n) is 2.42. The van der Waals surface area contributed by atoms with Gasteiger partial charge in [0.15, 0.2) is 0 Å². The van der Waals surface area contributed by atoms with E-state index in [1.165, 1.54) is 0 Å². The van der Waals surface area contributed by atoms with Crippen LogP contribution in [-0.2, 0) is 11.2 Å². The van der Waals surface area contributed by atoms with Crippen molar-refractivity contribution < 1.29 is 9.26 Å². The van der Waals surface area contributed by atoms with Crippen LogP contribution in [0.15, 0.2) is 4.52 Å². The van der Waals surface area contributed by atoms with Crippen molar-refractivity contribution in [3.8, 4) is 0 Å². The van der Waals surface area contributed by atoms with Gasteiger partial charge in [-0.05, 0) is 32.7 Å². The second-order valence-electron chi connectivity index (χ2n) is 5.42. The quantitative estimate of drug-likeness (QED) is 0.638. The summed E-state index contributed by atoms with van der Waals surface area (Å²) in [5, 5.41) is 7.66. The van der Waals surface area contributed by atoms with Crippen LogP contribution in [0.1, 0.15) is 77.6 Å². The van der Waals surface area contributed by atoms with Gasteiger partial charge in [0.1, 0.15) is 6.10 Å². The zero-order chi connectivity index (χ0) is 15.5. The maximum atomic E-state index is 5.70. The van der Waals surface area contributed by atoms with Gasteiger partial charge in [0.2, 0.25) is 11.7 Å². The number of aromatic nitrogens is 2. The van der Waals surface area contributed by atoms with Gasteiger partial charge in [-0.25, -0.2) is 0 Å². The van der Waals surface area contributed by atoms with Gasteiger partial charge in [0.25, 0.3) is 0 Å². The fraction of sp³-hybridized carbons (Fsp3) is 0.875. The van der Waals surface area contributed by atoms with Gasteiger partial charge < -0.3 is 14.6 Å². The highest BCUT2D eigenvalue weighted by molar-refractivity contribution is 4.93. The van der Waals surface area contributed by atoms with Gasteiger partial charge >= 0.3 is 0 Å². The van der Waals surface area contributed by atoms with Crippen molar-refractivity contribution >= 4 is 0 Å². The maximum Gasteiger partial charge on any atom is 0.228 e. The van der Waals surface area contributed by atoms with Gasteiger partial charge in [-0.15, -0.1) is 0 Å². The lowest BCUT2D eigenvalue weighted by atomic mass is 10.1. The molecule has 0 saturated heterocycles. The van der Waals surface area contributed by atoms with E-state index in [0.717, 1.165) is 45.1 Å². The Kier molecular flexibility index (Phi) is 9.26. The Morgan fingerprint density at radius 1 is 1.10 bits per heavy atom. The molecule has 2 atom stereocenters. The summed E-state index contributed by atoms with van der Waals surface area (Å²) in [5.41, 5.74) is 0. The molecule has 0 aliphatic rings. The molecule has 5 nitrogen and oxygen atoms in total. The summed E-state index contributed by atoms with van der Waals surface area (Å²) in [7, 11) is 0. The topological polar surface area (TPSA) is 60.2 Å². The van der Waals surface area contributed by atoms with Crippen molar-refractivity contribution in [3.63, 3.8) is 0 Å². The van der Waals surface area contributed by atoms with E-state index in [1.807, 2.05) is 6.92 Å². The van der Waals surface area contributed by atoms with Crippen molar-refractivity contribution in [2.45, 2.75) is 78.4 Å². The standard InChI is InChI=1S/C16H31N3O2/c1-5-9-13(17-11-7-3)12-15-18-16(19-21-15)14(10-6-2)20-8-4/h13-14,17H,5-12H2,1-4H3. The van der Waals surface area contributed by atoms with Crippen LogP contribution in [0.2, 0.25) is 0 Å². The summed E-state index contributed by atoms with van der Waals surface area (Å²) in [6.45, 7) is 10.2. The lowest BCUT2D eigenvalue weighted by Gasteiger charge is -2.15. The van der Waals surface area contributed by atoms with Crippen LogP contribution in [0.5, 0.6) is 0 Å². The molecule has 0 amide bonds. The molecule has 5 heteroatoms. The summed E-state index contributed by atoms with van der Waals surface area (Å²) >= 11 is 0. The van der Waals surface area contributed by atoms with Crippen molar-refractivity contribution in [3.05, 3.63) is 11.7 Å². The Morgan fingerprint density at radius 3 is 2.48 bits per heavy atom. The zero-order valence-electron chi connectivity index (χ0n) is 14.0. The maximum absolute atomic E-state index is 5.70. The Labute approximate surface area is 128 Å². The van der Waals surface area contributed by atoms with Crippen LogP contribution in [0.3, 0.4) is 0 Å². The van der Waals surface area contributed by atoms with Gasteiger partial charge in [0, 0.05) is 19.1 Å². The summed E-state index contributed by atoms with van der Waals surface area (Å²) in [6, 6.07) is 0.417. The summed E-state index contributed by atoms with van der Waals surface area (Å²) in [4.78, 5) is 4.54. The Balaban J connectivity index is 2.62. The van der Waals surface area contributed by atoms with Crippen LogP contribution in [0, 0.1) is 0 Å². The molecule has 122 valence electrons. The highest BCUT2D eigenvalue weighted by Gasteiger charge is 2.19. The van der Waals surface area contributed by atoms with E-state index in [9.17, 15) is 0 Å². The lowest BCUT2D eigenvalue weighted by Crippen LogP contribution is -2.31. The molecule has 1 aromatic heterocycles. The van der Waals surface area contributed by atoms with Crippen LogP contribution in [0.4, 0.5) is 0 Å². The molecule has 0 aromatic carbocycles. The number of ether oxygens (including phenoxy) is 1. The first kappa shape index (κ1) is 18.1. The number of hydrogen-bond donors (Lipinski definition) is 1. The SMILES string of the molecule is CCCNC(CCC)Cc1nc(C(CCC)OCC)no1. The predicted molar refractivity (Wildman–Crippen MR) is 84.3 cm³/mol. The normalized spacial score (nSPS) is 14.3. The molecule has 0 aliphatic heterocycles. The molecule has 0 spiro atoms. The van der Waals surface area contributed by atoms with Crippen LogP contribution < -0.4 is 5.32 Å². The third-order valence-corrected chi connectivity index (χ3v) is 3.43. The minimum Gasteiger partial charge on any atom is -0.370 e. The number of nitrogens with zero attached hydrogens (tertiary/aromatic N) is 2. The first-order valence-electron chi connectivity index (χ1n) is 8.42. The average molecular weight is 297 g/mol. The van der Waals surface area contributed by atoms with Crippen molar-refractivity contribution in [1.82, 2.24) is 15.5 Å². The first-order valence-corrected chi connectivity index (χ1v) is 8.42. The molecular formula is C16H31N3O2. The molecule has 1 rings (SSSR count). The van der Waals surface area contributed by atoms with Crippen molar-refractivity contribution in [1.29, 1.82) is 0 Å². The molecule has 1 N–H and O–H groups in total. The Bertz CT molecular complexity index is 362. The monoisotopic (exact) mass is 297 g/mol. The number of hydrogen-bond acceptors (Lipinski definition) is 5. The summed E-state index contributed by atoms with van der Waals surface area (Å²) in [6.07, 6.45) is 6.15. The summed E-state index contributed by atoms with van der Waals surface area (Å²) < 4.78 is 11.1. The van der Waals surface area contributed by atoms with E-state index in [0.29, 0.717) is 24.4 Å². The van der Waals surface area contributed by atoms with Gasteiger partial charge in [-0.2, -0.15) is 4.98 Å². The van der Waals surface area contributed by atoms with Crippen LogP contribution >= 0.6 is 0 Å². The molecule has 0 radical (unpaired) electrons. The highest BCUT2D eigenvalue weighted by Crippen LogP contribution is 2.20. The predicted octanol–water partition coefficient (Wildman–Crippen LogP) is 3.66. The van der Waals surface area contributed by atoms with Crippen molar-refractivity contribution in [2.24, 2.45) is 0 Å². The third kappa shape index (κ3) is 6.57. The molecular weight excluding hydrogens is 266 g/mol. The van der Waals surface area contributed by atoms with Gasteiger partial charge in [-0.1, -0.05) is 38.8 Å². The zero-order valence-corrected chi connectivity index (χ0v) is 14.0. The van der Waals surface area contributed by atoms with Crippen molar-refractivity contribution in [2.75, 3.05) is 13.2 Å². The smallest absolute Gasteiger partial charge is 0.228 e. The van der Waals surface area contributed by atoms with E-state index < -0.39 is 0 Å². The molecule has 21 heavy (non-hydrogen) atoms. The molecule has 2 unspecified atom stereocenters. The first-order chi connectivity index (χ1) is 10.2. The minimum atomic E-state index is -0.0364. The van der Waals surface area contributed by atoms with Gasteiger partial charge in [0.05, 0.1) is 0 Å². The lowest BCUT2D eigenvalue weighted by molar-refractivity contribution is 0.0477. The molecule has 1 aromatic rings. The van der Waals surface area contributed by atoms with E-state index in [4.69, 9.17) is 9.26 Å². The fourth-order valence-corrected chi connectivity index (χ4v) is 2.42. The van der Waals surface area contributed by atoms with Crippen LogP contribution in [-0.4, -0.2) is 29.3 Å². The Hall–Kier alpha value is -0.940. The second-order valence-corrected chi connectivity index (χ2v) is 5.42. The average Bonchev–Trinajstić information content (AvgIpc) is 2.93. The van der Waals surface area contributed by atoms with E-state index in [-0.39, 0.29) is 6.10 Å². The number of rotatable bonds is 12. The largest absolute Gasteiger partial charge is 0.370 e. The minimum absolute atomic E-state index is 0.0364. The summed E-state index contributed by atoms with van der Waals surface area (Å²) in [5.74, 6) is 1.41.